The van der Waals surface area contributed by atoms with E-state index in [2.05, 4.69) is 5.32 Å². The third-order valence-corrected chi connectivity index (χ3v) is 1.62. The molecule has 1 rings (SSSR count). The van der Waals surface area contributed by atoms with Crippen molar-refractivity contribution in [1.29, 1.82) is 0 Å². The van der Waals surface area contributed by atoms with Gasteiger partial charge in [-0.3, -0.25) is 4.79 Å². The molecular formula is C10H13NO. The van der Waals surface area contributed by atoms with Crippen LogP contribution in [0.2, 0.25) is 0 Å². The van der Waals surface area contributed by atoms with Crippen molar-refractivity contribution in [2.75, 3.05) is 6.54 Å². The average Bonchev–Trinajstić information content (AvgIpc) is 2.32. The van der Waals surface area contributed by atoms with E-state index in [0.29, 0.717) is 6.54 Å². The van der Waals surface area contributed by atoms with E-state index in [-0.39, 0.29) is 11.8 Å². The van der Waals surface area contributed by atoms with Crippen LogP contribution in [0.3, 0.4) is 0 Å². The number of nitrogens with one attached hydrogen (secondary N) is 1. The quantitative estimate of drug-likeness (QED) is 0.655. The third kappa shape index (κ3) is 2.38. The molecule has 1 amide bonds. The zero-order chi connectivity index (χ0) is 8.81. The third-order valence-electron chi connectivity index (χ3n) is 1.62. The maximum absolute atomic E-state index is 11.3. The number of carbonyl (C=O) groups excluding carboxylic acids is 1. The lowest BCUT2D eigenvalue weighted by molar-refractivity contribution is -0.122. The van der Waals surface area contributed by atoms with Crippen LogP contribution in [0.4, 0.5) is 0 Å². The lowest BCUT2D eigenvalue weighted by atomic mass is 10.1. The summed E-state index contributed by atoms with van der Waals surface area (Å²) in [6, 6.07) is 0. The molecule has 0 fully saturated rings. The Labute approximate surface area is 72.7 Å². The van der Waals surface area contributed by atoms with Crippen LogP contribution in [0.1, 0.15) is 6.92 Å². The highest BCUT2D eigenvalue weighted by Crippen LogP contribution is 2.05. The van der Waals surface area contributed by atoms with Crippen LogP contribution in [0.5, 0.6) is 0 Å². The van der Waals surface area contributed by atoms with Crippen LogP contribution in [0, 0.1) is 5.92 Å². The fourth-order valence-electron chi connectivity index (χ4n) is 1.03. The highest BCUT2D eigenvalue weighted by molar-refractivity contribution is 5.82. The molecule has 0 aliphatic heterocycles. The van der Waals surface area contributed by atoms with Crippen molar-refractivity contribution in [3.63, 3.8) is 0 Å². The molecule has 0 radical (unpaired) electrons. The highest BCUT2D eigenvalue weighted by atomic mass is 16.1. The fraction of sp³-hybridized carbons (Fsp3) is 0.300. The molecule has 2 nitrogen and oxygen atoms in total. The molecule has 64 valence electrons. The van der Waals surface area contributed by atoms with Crippen molar-refractivity contribution in [2.24, 2.45) is 5.92 Å². The zero-order valence-corrected chi connectivity index (χ0v) is 7.16. The van der Waals surface area contributed by atoms with Crippen molar-refractivity contribution in [3.05, 3.63) is 36.5 Å². The number of hydrogen-bond donors (Lipinski definition) is 1. The van der Waals surface area contributed by atoms with Gasteiger partial charge in [0.05, 0.1) is 5.92 Å². The molecule has 0 aromatic rings. The molecule has 0 aromatic carbocycles. The molecule has 0 bridgehead atoms. The van der Waals surface area contributed by atoms with Crippen molar-refractivity contribution in [1.82, 2.24) is 5.32 Å². The highest BCUT2D eigenvalue weighted by Gasteiger charge is 2.09. The van der Waals surface area contributed by atoms with Crippen molar-refractivity contribution >= 4 is 5.91 Å². The molecule has 0 spiro atoms. The van der Waals surface area contributed by atoms with E-state index in [1.165, 1.54) is 0 Å². The molecule has 12 heavy (non-hydrogen) atoms. The van der Waals surface area contributed by atoms with Gasteiger partial charge < -0.3 is 5.32 Å². The summed E-state index contributed by atoms with van der Waals surface area (Å²) in [5.41, 5.74) is 0. The van der Waals surface area contributed by atoms with Gasteiger partial charge in [0.25, 0.3) is 0 Å². The standard InChI is InChI=1S/C10H13NO/c1-2-11-10(12)9-7-5-3-4-6-8-9/h3-9H,2H2,1H3,(H,11,12). The molecule has 0 unspecified atom stereocenters. The number of allylic oxidation sites excluding steroid dienone is 4. The van der Waals surface area contributed by atoms with E-state index < -0.39 is 0 Å². The largest absolute Gasteiger partial charge is 0.356 e. The molecule has 0 saturated heterocycles. The van der Waals surface area contributed by atoms with Gasteiger partial charge in [-0.25, -0.2) is 0 Å². The predicted molar refractivity (Wildman–Crippen MR) is 49.6 cm³/mol. The Morgan fingerprint density at radius 1 is 1.25 bits per heavy atom. The van der Waals surface area contributed by atoms with Gasteiger partial charge in [0.1, 0.15) is 0 Å². The first-order valence-electron chi connectivity index (χ1n) is 4.14. The lowest BCUT2D eigenvalue weighted by Gasteiger charge is -2.05. The second-order valence-corrected chi connectivity index (χ2v) is 2.58. The maximum Gasteiger partial charge on any atom is 0.230 e. The van der Waals surface area contributed by atoms with Crippen LogP contribution in [0.25, 0.3) is 0 Å². The lowest BCUT2D eigenvalue weighted by Crippen LogP contribution is -2.28. The Kier molecular flexibility index (Phi) is 3.33. The minimum absolute atomic E-state index is 0.0636. The molecular weight excluding hydrogens is 150 g/mol. The van der Waals surface area contributed by atoms with E-state index in [0.717, 1.165) is 0 Å². The summed E-state index contributed by atoms with van der Waals surface area (Å²) in [7, 11) is 0. The Morgan fingerprint density at radius 2 is 1.83 bits per heavy atom. The summed E-state index contributed by atoms with van der Waals surface area (Å²) >= 11 is 0. The van der Waals surface area contributed by atoms with Crippen molar-refractivity contribution < 1.29 is 4.79 Å². The molecule has 0 aromatic heterocycles. The topological polar surface area (TPSA) is 29.1 Å². The summed E-state index contributed by atoms with van der Waals surface area (Å²) in [6.07, 6.45) is 11.4. The summed E-state index contributed by atoms with van der Waals surface area (Å²) in [5, 5.41) is 2.77. The van der Waals surface area contributed by atoms with Crippen LogP contribution < -0.4 is 5.32 Å². The SMILES string of the molecule is CCNC(=O)C1C=CC=CC=C1. The van der Waals surface area contributed by atoms with Crippen LogP contribution in [-0.4, -0.2) is 12.5 Å². The Morgan fingerprint density at radius 3 is 2.33 bits per heavy atom. The smallest absolute Gasteiger partial charge is 0.230 e. The summed E-state index contributed by atoms with van der Waals surface area (Å²) in [4.78, 5) is 11.3. The first-order valence-corrected chi connectivity index (χ1v) is 4.14. The van der Waals surface area contributed by atoms with E-state index in [9.17, 15) is 4.79 Å². The summed E-state index contributed by atoms with van der Waals surface area (Å²) in [5.74, 6) is -0.0475. The van der Waals surface area contributed by atoms with Crippen molar-refractivity contribution in [3.8, 4) is 0 Å². The second-order valence-electron chi connectivity index (χ2n) is 2.58. The molecule has 1 aliphatic rings. The Balaban J connectivity index is 2.57. The fourth-order valence-corrected chi connectivity index (χ4v) is 1.03. The van der Waals surface area contributed by atoms with Gasteiger partial charge >= 0.3 is 0 Å². The number of carbonyl (C=O) groups is 1. The second kappa shape index (κ2) is 4.54. The van der Waals surface area contributed by atoms with Gasteiger partial charge in [-0.05, 0) is 6.92 Å². The first-order chi connectivity index (χ1) is 5.84. The minimum atomic E-state index is -0.111. The molecule has 1 N–H and O–H groups in total. The Bertz CT molecular complexity index is 222. The van der Waals surface area contributed by atoms with Gasteiger partial charge in [-0.2, -0.15) is 0 Å². The van der Waals surface area contributed by atoms with Gasteiger partial charge in [0, 0.05) is 6.54 Å². The molecule has 0 saturated carbocycles. The molecule has 0 heterocycles. The predicted octanol–water partition coefficient (Wildman–Crippen LogP) is 1.42. The minimum Gasteiger partial charge on any atom is -0.356 e. The first kappa shape index (κ1) is 8.78. The van der Waals surface area contributed by atoms with E-state index in [1.807, 2.05) is 43.4 Å². The summed E-state index contributed by atoms with van der Waals surface area (Å²) < 4.78 is 0. The zero-order valence-electron chi connectivity index (χ0n) is 7.16. The van der Waals surface area contributed by atoms with Gasteiger partial charge in [-0.1, -0.05) is 36.5 Å². The summed E-state index contributed by atoms with van der Waals surface area (Å²) in [6.45, 7) is 2.60. The van der Waals surface area contributed by atoms with Crippen LogP contribution in [-0.2, 0) is 4.79 Å². The molecule has 2 heteroatoms. The van der Waals surface area contributed by atoms with E-state index in [1.54, 1.807) is 0 Å². The van der Waals surface area contributed by atoms with Crippen molar-refractivity contribution in [2.45, 2.75) is 6.92 Å². The van der Waals surface area contributed by atoms with E-state index in [4.69, 9.17) is 0 Å². The van der Waals surface area contributed by atoms with Gasteiger partial charge in [0.15, 0.2) is 0 Å². The number of amides is 1. The van der Waals surface area contributed by atoms with E-state index >= 15 is 0 Å². The molecule has 0 atom stereocenters. The Hall–Kier alpha value is -1.31. The van der Waals surface area contributed by atoms with Crippen LogP contribution in [0.15, 0.2) is 36.5 Å². The van der Waals surface area contributed by atoms with Gasteiger partial charge in [-0.15, -0.1) is 0 Å². The number of hydrogen-bond acceptors (Lipinski definition) is 1. The number of rotatable bonds is 2. The average molecular weight is 163 g/mol. The maximum atomic E-state index is 11.3. The molecule has 1 aliphatic carbocycles. The normalized spacial score (nSPS) is 16.1. The van der Waals surface area contributed by atoms with Gasteiger partial charge in [0.2, 0.25) is 5.91 Å². The monoisotopic (exact) mass is 163 g/mol. The van der Waals surface area contributed by atoms with Crippen LogP contribution >= 0.6 is 0 Å².